The summed E-state index contributed by atoms with van der Waals surface area (Å²) in [7, 11) is 2.97. The molecule has 11 nitrogen and oxygen atoms in total. The smallest absolute Gasteiger partial charge is 0.405 e. The molecular weight excluding hydrogens is 658 g/mol. The van der Waals surface area contributed by atoms with Crippen molar-refractivity contribution in [1.29, 1.82) is 0 Å². The molecule has 0 spiro atoms. The first-order valence-electron chi connectivity index (χ1n) is 14.9. The van der Waals surface area contributed by atoms with Crippen LogP contribution in [-0.4, -0.2) is 60.7 Å². The molecule has 4 rings (SSSR count). The summed E-state index contributed by atoms with van der Waals surface area (Å²) in [5, 5.41) is 14.1. The molecule has 2 aliphatic heterocycles. The minimum Gasteiger partial charge on any atom is -0.452 e. The van der Waals surface area contributed by atoms with Crippen molar-refractivity contribution in [2.24, 2.45) is 17.6 Å². The zero-order valence-corrected chi connectivity index (χ0v) is 28.3. The van der Waals surface area contributed by atoms with Gasteiger partial charge in [0, 0.05) is 35.7 Å². The highest BCUT2D eigenvalue weighted by Crippen LogP contribution is 2.33. The number of nitrogens with two attached hydrogens (primary N) is 1. The quantitative estimate of drug-likeness (QED) is 0.236. The number of fused-ring (bicyclic) bond motifs is 5. The predicted octanol–water partition coefficient (Wildman–Crippen LogP) is 5.52. The fraction of sp³-hybridized carbons (Fsp3) is 0.412. The Labute approximate surface area is 276 Å². The van der Waals surface area contributed by atoms with E-state index < -0.39 is 42.3 Å². The Morgan fingerprint density at radius 2 is 1.89 bits per heavy atom. The summed E-state index contributed by atoms with van der Waals surface area (Å²) in [6.07, 6.45) is 3.03. The van der Waals surface area contributed by atoms with Crippen molar-refractivity contribution in [3.05, 3.63) is 80.0 Å². The molecule has 1 aliphatic carbocycles. The molecule has 6 atom stereocenters. The summed E-state index contributed by atoms with van der Waals surface area (Å²) in [4.78, 5) is 43.7. The molecule has 0 unspecified atom stereocenters. The lowest BCUT2D eigenvalue weighted by atomic mass is 9.87. The summed E-state index contributed by atoms with van der Waals surface area (Å²) in [6.45, 7) is 7.14. The first kappa shape index (κ1) is 35.0. The average molecular weight is 699 g/mol. The summed E-state index contributed by atoms with van der Waals surface area (Å²) < 4.78 is 23.8. The average Bonchev–Trinajstić information content (AvgIpc) is 3.01. The number of ether oxygens (including phenoxy) is 3. The third-order valence-corrected chi connectivity index (χ3v) is 8.63. The van der Waals surface area contributed by atoms with Crippen LogP contribution in [0.15, 0.2) is 73.4 Å². The molecule has 46 heavy (non-hydrogen) atoms. The molecule has 0 aromatic heterocycles. The summed E-state index contributed by atoms with van der Waals surface area (Å²) in [5.41, 5.74) is 7.83. The predicted molar refractivity (Wildman–Crippen MR) is 179 cm³/mol. The minimum absolute atomic E-state index is 0.0648. The van der Waals surface area contributed by atoms with Crippen LogP contribution in [-0.2, 0) is 25.4 Å². The first-order valence-corrected chi connectivity index (χ1v) is 15.7. The van der Waals surface area contributed by atoms with Crippen LogP contribution in [0.25, 0.3) is 22.6 Å². The van der Waals surface area contributed by atoms with Gasteiger partial charge in [0.2, 0.25) is 5.43 Å². The number of amides is 2. The normalized spacial score (nSPS) is 28.1. The maximum Gasteiger partial charge on any atom is 0.405 e. The Morgan fingerprint density at radius 3 is 2.57 bits per heavy atom. The Morgan fingerprint density at radius 1 is 1.15 bits per heavy atom. The summed E-state index contributed by atoms with van der Waals surface area (Å²) in [6, 6.07) is 6.94. The van der Waals surface area contributed by atoms with E-state index in [4.69, 9.17) is 29.3 Å². The number of allylic oxidation sites excluding steroid dienone is 2. The van der Waals surface area contributed by atoms with E-state index >= 15 is 0 Å². The van der Waals surface area contributed by atoms with E-state index in [1.54, 1.807) is 50.3 Å². The highest BCUT2D eigenvalue weighted by Gasteiger charge is 2.30. The van der Waals surface area contributed by atoms with Gasteiger partial charge in [-0.2, -0.15) is 0 Å². The highest BCUT2D eigenvalue weighted by atomic mass is 79.9. The molecule has 246 valence electrons. The van der Waals surface area contributed by atoms with Gasteiger partial charge < -0.3 is 34.8 Å². The lowest BCUT2D eigenvalue weighted by Crippen LogP contribution is -2.37. The van der Waals surface area contributed by atoms with Crippen molar-refractivity contribution in [1.82, 2.24) is 4.98 Å². The monoisotopic (exact) mass is 697 g/mol. The molecule has 0 saturated carbocycles. The van der Waals surface area contributed by atoms with Gasteiger partial charge in [0.15, 0.2) is 17.4 Å². The molecule has 1 aromatic rings. The maximum atomic E-state index is 13.9. The number of hydrogen-bond acceptors (Lipinski definition) is 9. The van der Waals surface area contributed by atoms with E-state index in [0.29, 0.717) is 45.7 Å². The number of methoxy groups -OCH3 is 2. The third kappa shape index (κ3) is 8.11. The fourth-order valence-corrected chi connectivity index (χ4v) is 6.01. The van der Waals surface area contributed by atoms with Crippen molar-refractivity contribution in [3.8, 4) is 11.5 Å². The second-order valence-corrected chi connectivity index (χ2v) is 12.6. The van der Waals surface area contributed by atoms with E-state index in [1.807, 2.05) is 19.9 Å². The van der Waals surface area contributed by atoms with Crippen LogP contribution in [0.2, 0.25) is 0 Å². The molecule has 2 amide bonds. The van der Waals surface area contributed by atoms with Crippen molar-refractivity contribution in [2.75, 3.05) is 19.5 Å². The van der Waals surface area contributed by atoms with Crippen molar-refractivity contribution in [3.63, 3.8) is 0 Å². The number of hydrogen-bond donors (Lipinski definition) is 3. The van der Waals surface area contributed by atoms with Crippen LogP contribution in [0.5, 0.6) is 0 Å². The van der Waals surface area contributed by atoms with E-state index in [9.17, 15) is 19.5 Å². The van der Waals surface area contributed by atoms with Crippen LogP contribution < -0.4 is 16.5 Å². The van der Waals surface area contributed by atoms with Gasteiger partial charge in [0.05, 0.1) is 17.9 Å². The van der Waals surface area contributed by atoms with Gasteiger partial charge >= 0.3 is 6.09 Å². The molecule has 0 fully saturated rings. The van der Waals surface area contributed by atoms with Crippen molar-refractivity contribution >= 4 is 44.7 Å². The van der Waals surface area contributed by atoms with Gasteiger partial charge in [-0.25, -0.2) is 9.78 Å². The third-order valence-electron chi connectivity index (χ3n) is 8.13. The van der Waals surface area contributed by atoms with Crippen LogP contribution >= 0.6 is 15.9 Å². The molecule has 2 heterocycles. The number of aromatic nitrogens is 1. The molecule has 12 heteroatoms. The first-order chi connectivity index (χ1) is 21.8. The Balaban J connectivity index is 1.86. The van der Waals surface area contributed by atoms with Gasteiger partial charge in [-0.15, -0.1) is 0 Å². The number of benzene rings is 2. The minimum atomic E-state index is -0.987. The number of nitrogens with zero attached hydrogens (tertiary/aromatic N) is 1. The Hall–Kier alpha value is -3.84. The number of halogens is 1. The van der Waals surface area contributed by atoms with E-state index in [2.05, 4.69) is 21.2 Å². The fourth-order valence-electron chi connectivity index (χ4n) is 5.67. The second kappa shape index (κ2) is 15.2. The SMILES string of the molecule is CO[C@H]1/C=C\C=C(\C)C(=O)Nc2cc3nc4ccc(Br)cc4oc-3c(c2=O)C[C@@H](C)C[C@H](OC)[C@H](O)[C@@H](C)/C=C(/C)[C@@H]1OC(N)=O. The van der Waals surface area contributed by atoms with Gasteiger partial charge in [0.1, 0.15) is 17.3 Å². The lowest BCUT2D eigenvalue weighted by molar-refractivity contribution is -0.112. The van der Waals surface area contributed by atoms with E-state index in [1.165, 1.54) is 20.3 Å². The number of aliphatic hydroxyl groups is 1. The van der Waals surface area contributed by atoms with Crippen LogP contribution in [0.3, 0.4) is 0 Å². The highest BCUT2D eigenvalue weighted by molar-refractivity contribution is 9.10. The molecule has 4 N–H and O–H groups in total. The summed E-state index contributed by atoms with van der Waals surface area (Å²) in [5.74, 6) is -0.754. The molecule has 0 saturated heterocycles. The van der Waals surface area contributed by atoms with Gasteiger partial charge in [-0.1, -0.05) is 54.1 Å². The second-order valence-electron chi connectivity index (χ2n) is 11.7. The standard InChI is InChI=1S/C34H40BrN3O8/c1-17-12-22-30(40)24(16-25-32(22)45-27-15-21(35)10-11-23(27)37-25)38-33(41)18(2)8-7-9-26(43-5)31(46-34(36)42)20(4)14-19(3)29(39)28(13-17)44-6/h7-11,14-17,19,26,28-29,31,39H,12-13H2,1-6H3,(H2,36,42)(H,38,41)/b9-7-,18-8-,20-14-/t17-,19+,26+,28+,29-,31+/m1/s1. The zero-order valence-electron chi connectivity index (χ0n) is 26.7. The maximum absolute atomic E-state index is 13.9. The number of primary amides is 1. The molecule has 0 radical (unpaired) electrons. The zero-order chi connectivity index (χ0) is 33.7. The molecule has 1 aromatic carbocycles. The molecule has 3 aliphatic rings. The van der Waals surface area contributed by atoms with Gasteiger partial charge in [-0.05, 0) is 62.4 Å². The van der Waals surface area contributed by atoms with Crippen LogP contribution in [0.4, 0.5) is 10.5 Å². The summed E-state index contributed by atoms with van der Waals surface area (Å²) >= 11 is 3.46. The number of rotatable bonds is 3. The molecular formula is C34H40BrN3O8. The Bertz CT molecular complexity index is 1710. The number of anilines is 1. The van der Waals surface area contributed by atoms with E-state index in [-0.39, 0.29) is 23.5 Å². The number of carbonyl (C=O) groups is 2. The van der Waals surface area contributed by atoms with Crippen molar-refractivity contribution in [2.45, 2.75) is 65.0 Å². The lowest BCUT2D eigenvalue weighted by Gasteiger charge is -2.29. The Kier molecular flexibility index (Phi) is 11.5. The largest absolute Gasteiger partial charge is 0.452 e. The van der Waals surface area contributed by atoms with Gasteiger partial charge in [-0.3, -0.25) is 9.59 Å². The van der Waals surface area contributed by atoms with Crippen LogP contribution in [0, 0.1) is 11.8 Å². The van der Waals surface area contributed by atoms with E-state index in [0.717, 1.165) is 4.47 Å². The molecule has 2 bridgehead atoms. The number of nitrogens with one attached hydrogen (secondary N) is 1. The number of carbonyl (C=O) groups excluding carboxylic acids is 2. The van der Waals surface area contributed by atoms with Crippen molar-refractivity contribution < 1.29 is 33.3 Å². The van der Waals surface area contributed by atoms with Gasteiger partial charge in [0.25, 0.3) is 5.91 Å². The topological polar surface area (TPSA) is 163 Å². The number of aliphatic hydroxyl groups excluding tert-OH is 1. The van der Waals surface area contributed by atoms with Crippen LogP contribution in [0.1, 0.15) is 39.7 Å².